The van der Waals surface area contributed by atoms with Crippen molar-refractivity contribution in [1.29, 1.82) is 0 Å². The van der Waals surface area contributed by atoms with Crippen LogP contribution in [-0.2, 0) is 9.53 Å². The van der Waals surface area contributed by atoms with E-state index in [1.165, 1.54) is 0 Å². The molecule has 0 aliphatic carbocycles. The molecule has 0 saturated carbocycles. The number of amides is 1. The number of aromatic nitrogens is 2. The molecule has 21 heavy (non-hydrogen) atoms. The normalized spacial score (nSPS) is 15.1. The number of nitrogens with two attached hydrogens (primary N) is 1. The predicted molar refractivity (Wildman–Crippen MR) is 79.8 cm³/mol. The van der Waals surface area contributed by atoms with E-state index in [1.54, 1.807) is 23.2 Å². The fraction of sp³-hybridized carbons (Fsp3) is 0.357. The van der Waals surface area contributed by atoms with Crippen LogP contribution in [0.5, 0.6) is 0 Å². The lowest BCUT2D eigenvalue weighted by Crippen LogP contribution is -2.43. The Balaban J connectivity index is 1.74. The summed E-state index contributed by atoms with van der Waals surface area (Å²) in [6.45, 7) is 2.67. The van der Waals surface area contributed by atoms with Crippen LogP contribution in [0.4, 0.5) is 11.5 Å². The van der Waals surface area contributed by atoms with Crippen LogP contribution in [0.1, 0.15) is 0 Å². The van der Waals surface area contributed by atoms with Crippen molar-refractivity contribution >= 4 is 28.4 Å². The number of rotatable bonds is 3. The smallest absolute Gasteiger partial charge is 0.242 e. The molecule has 2 aromatic heterocycles. The molecular formula is C14H17N5O2. The first-order valence-corrected chi connectivity index (χ1v) is 6.85. The molecule has 0 unspecified atom stereocenters. The third-order valence-corrected chi connectivity index (χ3v) is 3.38. The summed E-state index contributed by atoms with van der Waals surface area (Å²) in [6.07, 6.45) is 1.69. The topological polar surface area (TPSA) is 93.4 Å². The van der Waals surface area contributed by atoms with E-state index in [2.05, 4.69) is 15.3 Å². The van der Waals surface area contributed by atoms with Crippen LogP contribution in [0, 0.1) is 0 Å². The Morgan fingerprint density at radius 3 is 3.05 bits per heavy atom. The number of ether oxygens (including phenoxy) is 1. The summed E-state index contributed by atoms with van der Waals surface area (Å²) >= 11 is 0. The van der Waals surface area contributed by atoms with E-state index in [-0.39, 0.29) is 12.5 Å². The van der Waals surface area contributed by atoms with Gasteiger partial charge >= 0.3 is 0 Å². The van der Waals surface area contributed by atoms with E-state index >= 15 is 0 Å². The molecule has 0 spiro atoms. The number of carbonyl (C=O) groups excluding carboxylic acids is 1. The quantitative estimate of drug-likeness (QED) is 0.853. The monoisotopic (exact) mass is 287 g/mol. The Morgan fingerprint density at radius 1 is 1.43 bits per heavy atom. The van der Waals surface area contributed by atoms with Crippen LogP contribution in [0.15, 0.2) is 24.4 Å². The highest BCUT2D eigenvalue weighted by Gasteiger charge is 2.16. The highest BCUT2D eigenvalue weighted by atomic mass is 16.5. The number of anilines is 2. The summed E-state index contributed by atoms with van der Waals surface area (Å²) < 4.78 is 5.24. The van der Waals surface area contributed by atoms with E-state index in [1.807, 2.05) is 6.07 Å². The molecule has 1 aliphatic heterocycles. The van der Waals surface area contributed by atoms with Gasteiger partial charge in [0.15, 0.2) is 0 Å². The zero-order valence-corrected chi connectivity index (χ0v) is 11.6. The third kappa shape index (κ3) is 3.03. The molecule has 1 aliphatic rings. The lowest BCUT2D eigenvalue weighted by atomic mass is 10.2. The summed E-state index contributed by atoms with van der Waals surface area (Å²) in [5, 5.41) is 3.11. The number of pyridine rings is 2. The first kappa shape index (κ1) is 13.6. The second-order valence-electron chi connectivity index (χ2n) is 4.81. The fourth-order valence-corrected chi connectivity index (χ4v) is 2.31. The maximum absolute atomic E-state index is 12.1. The van der Waals surface area contributed by atoms with Gasteiger partial charge in [0.1, 0.15) is 11.3 Å². The number of nitrogens with zero attached hydrogens (tertiary/aromatic N) is 3. The average molecular weight is 287 g/mol. The second kappa shape index (κ2) is 5.92. The molecule has 7 nitrogen and oxygen atoms in total. The third-order valence-electron chi connectivity index (χ3n) is 3.38. The van der Waals surface area contributed by atoms with Crippen molar-refractivity contribution in [3.63, 3.8) is 0 Å². The van der Waals surface area contributed by atoms with Gasteiger partial charge in [-0.2, -0.15) is 0 Å². The van der Waals surface area contributed by atoms with E-state index in [9.17, 15) is 4.79 Å². The van der Waals surface area contributed by atoms with Crippen molar-refractivity contribution in [2.75, 3.05) is 43.9 Å². The Kier molecular flexibility index (Phi) is 3.83. The van der Waals surface area contributed by atoms with Crippen molar-refractivity contribution < 1.29 is 9.53 Å². The summed E-state index contributed by atoms with van der Waals surface area (Å²) in [6, 6.07) is 5.34. The minimum absolute atomic E-state index is 0.0396. The number of fused-ring (bicyclic) bond motifs is 1. The summed E-state index contributed by atoms with van der Waals surface area (Å²) in [4.78, 5) is 22.4. The lowest BCUT2D eigenvalue weighted by Gasteiger charge is -2.27. The van der Waals surface area contributed by atoms with Crippen LogP contribution in [0.2, 0.25) is 0 Å². The van der Waals surface area contributed by atoms with Crippen LogP contribution in [-0.4, -0.2) is 53.6 Å². The molecule has 2 aromatic rings. The van der Waals surface area contributed by atoms with Crippen molar-refractivity contribution in [2.45, 2.75) is 0 Å². The molecule has 3 N–H and O–H groups in total. The molecule has 0 radical (unpaired) electrons. The van der Waals surface area contributed by atoms with E-state index < -0.39 is 0 Å². The molecule has 1 amide bonds. The number of nitrogens with one attached hydrogen (secondary N) is 1. The molecule has 1 fully saturated rings. The van der Waals surface area contributed by atoms with Crippen molar-refractivity contribution in [3.8, 4) is 0 Å². The van der Waals surface area contributed by atoms with Crippen molar-refractivity contribution in [1.82, 2.24) is 14.9 Å². The number of morpholine rings is 1. The number of nitrogen functional groups attached to an aromatic ring is 1. The minimum Gasteiger partial charge on any atom is -0.384 e. The first-order chi connectivity index (χ1) is 10.2. The molecule has 3 rings (SSSR count). The predicted octanol–water partition coefficient (Wildman–Crippen LogP) is 0.483. The summed E-state index contributed by atoms with van der Waals surface area (Å²) in [5.74, 6) is 0.439. The van der Waals surface area contributed by atoms with Gasteiger partial charge in [0.05, 0.1) is 31.0 Å². The molecule has 0 aromatic carbocycles. The van der Waals surface area contributed by atoms with Gasteiger partial charge < -0.3 is 20.7 Å². The van der Waals surface area contributed by atoms with E-state index in [4.69, 9.17) is 10.5 Å². The molecule has 110 valence electrons. The number of hydrogen-bond acceptors (Lipinski definition) is 6. The Hall–Kier alpha value is -2.41. The highest BCUT2D eigenvalue weighted by molar-refractivity contribution is 5.91. The van der Waals surface area contributed by atoms with Crippen LogP contribution < -0.4 is 11.1 Å². The van der Waals surface area contributed by atoms with Crippen molar-refractivity contribution in [2.24, 2.45) is 0 Å². The van der Waals surface area contributed by atoms with E-state index in [0.29, 0.717) is 43.2 Å². The van der Waals surface area contributed by atoms with Gasteiger partial charge in [-0.15, -0.1) is 0 Å². The molecule has 0 bridgehead atoms. The van der Waals surface area contributed by atoms with Crippen LogP contribution >= 0.6 is 0 Å². The van der Waals surface area contributed by atoms with Crippen LogP contribution in [0.3, 0.4) is 0 Å². The summed E-state index contributed by atoms with van der Waals surface area (Å²) in [5.41, 5.74) is 7.92. The zero-order valence-electron chi connectivity index (χ0n) is 11.6. The number of carbonyl (C=O) groups is 1. The Morgan fingerprint density at radius 2 is 2.24 bits per heavy atom. The van der Waals surface area contributed by atoms with Gasteiger partial charge in [0, 0.05) is 25.4 Å². The molecule has 0 atom stereocenters. The van der Waals surface area contributed by atoms with Gasteiger partial charge in [-0.1, -0.05) is 0 Å². The minimum atomic E-state index is 0.0396. The van der Waals surface area contributed by atoms with Gasteiger partial charge in [0.2, 0.25) is 5.91 Å². The lowest BCUT2D eigenvalue weighted by molar-refractivity contribution is -0.133. The van der Waals surface area contributed by atoms with Gasteiger partial charge in [-0.3, -0.25) is 9.78 Å². The standard InChI is InChI=1S/C14H17N5O2/c15-12-8-11(14-10(18-12)2-1-3-16-14)17-9-13(20)19-4-6-21-7-5-19/h1-3,8H,4-7,9H2,(H3,15,17,18). The maximum atomic E-state index is 12.1. The fourth-order valence-electron chi connectivity index (χ4n) is 2.31. The average Bonchev–Trinajstić information content (AvgIpc) is 2.53. The zero-order chi connectivity index (χ0) is 14.7. The van der Waals surface area contributed by atoms with Gasteiger partial charge in [0.25, 0.3) is 0 Å². The molecule has 1 saturated heterocycles. The van der Waals surface area contributed by atoms with Gasteiger partial charge in [-0.25, -0.2) is 4.98 Å². The highest BCUT2D eigenvalue weighted by Crippen LogP contribution is 2.21. The molecular weight excluding hydrogens is 270 g/mol. The summed E-state index contributed by atoms with van der Waals surface area (Å²) in [7, 11) is 0. The van der Waals surface area contributed by atoms with E-state index in [0.717, 1.165) is 5.69 Å². The maximum Gasteiger partial charge on any atom is 0.242 e. The Labute approximate surface area is 122 Å². The Bertz CT molecular complexity index is 655. The first-order valence-electron chi connectivity index (χ1n) is 6.85. The SMILES string of the molecule is Nc1cc(NCC(=O)N2CCOCC2)c2ncccc2n1. The second-order valence-corrected chi connectivity index (χ2v) is 4.81. The van der Waals surface area contributed by atoms with Gasteiger partial charge in [-0.05, 0) is 12.1 Å². The molecule has 3 heterocycles. The largest absolute Gasteiger partial charge is 0.384 e. The molecule has 7 heteroatoms. The van der Waals surface area contributed by atoms with Crippen molar-refractivity contribution in [3.05, 3.63) is 24.4 Å². The van der Waals surface area contributed by atoms with Crippen LogP contribution in [0.25, 0.3) is 11.0 Å². The number of hydrogen-bond donors (Lipinski definition) is 2.